The van der Waals surface area contributed by atoms with Gasteiger partial charge in [-0.2, -0.15) is 0 Å². The van der Waals surface area contributed by atoms with Crippen molar-refractivity contribution in [2.24, 2.45) is 22.6 Å². The molecule has 2 saturated carbocycles. The zero-order chi connectivity index (χ0) is 40.2. The van der Waals surface area contributed by atoms with Crippen LogP contribution in [0, 0.1) is 5.92 Å². The number of benzene rings is 1. The second-order valence-corrected chi connectivity index (χ2v) is 17.1. The molecular weight excluding hydrogens is 721 g/mol. The van der Waals surface area contributed by atoms with E-state index in [1.54, 1.807) is 58.9 Å². The molecule has 1 heterocycles. The Morgan fingerprint density at radius 3 is 2.33 bits per heavy atom. The molecular formula is C36H52N8O9S. The summed E-state index contributed by atoms with van der Waals surface area (Å²) in [4.78, 5) is 68.9. The lowest BCUT2D eigenvalue weighted by atomic mass is 10.0. The summed E-state index contributed by atoms with van der Waals surface area (Å²) in [6, 6.07) is 3.33. The molecule has 54 heavy (non-hydrogen) atoms. The van der Waals surface area contributed by atoms with Crippen molar-refractivity contribution >= 4 is 45.5 Å². The van der Waals surface area contributed by atoms with E-state index in [0.29, 0.717) is 24.2 Å². The molecule has 4 amide bonds. The lowest BCUT2D eigenvalue weighted by molar-refractivity contribution is -0.141. The molecule has 7 N–H and O–H groups in total. The molecule has 4 rings (SSSR count). The maximum absolute atomic E-state index is 14.4. The molecule has 3 aliphatic rings. The SMILES string of the molecule is C=CC1C[C@]1(NC(=O)[C@@H]1C[C@@H](N(N)/N=C(\N)c2ccc(OC)cc2)CN1C(=O)C(CCC(=O)C=C(C)C)NC(=O)OC(C)(C)C)C(=O)NS(=O)(=O)C1CC1. The van der Waals surface area contributed by atoms with Crippen molar-refractivity contribution < 1.29 is 41.9 Å². The Morgan fingerprint density at radius 1 is 1.15 bits per heavy atom. The number of hydrogen-bond donors (Lipinski definition) is 5. The standard InChI is InChI=1S/C36H52N8O9S/c1-8-23-19-36(23,33(48)42-54(50,51)27-14-15-27)40-31(46)29-18-24(44(38)41-30(37)22-9-12-26(52-7)13-10-22)20-43(29)32(47)28(16-11-25(45)17-21(2)3)39-34(49)53-35(4,5)6/h8-10,12-13,17,23-24,27-29H,1,11,14-16,18-20,38H2,2-7H3,(H2,37,41)(H,39,49)(H,40,46)(H,42,48)/t23?,24-,28?,29+,36-/m1/s1. The number of nitrogens with two attached hydrogens (primary N) is 2. The highest BCUT2D eigenvalue weighted by molar-refractivity contribution is 7.91. The van der Waals surface area contributed by atoms with Crippen LogP contribution in [0.3, 0.4) is 0 Å². The summed E-state index contributed by atoms with van der Waals surface area (Å²) in [6.07, 6.45) is 2.55. The Bertz CT molecular complexity index is 1800. The molecule has 3 fully saturated rings. The number of ether oxygens (including phenoxy) is 2. The van der Waals surface area contributed by atoms with Gasteiger partial charge in [-0.1, -0.05) is 11.6 Å². The number of sulfonamides is 1. The summed E-state index contributed by atoms with van der Waals surface area (Å²) in [5.74, 6) is 3.76. The maximum Gasteiger partial charge on any atom is 0.408 e. The Labute approximate surface area is 315 Å². The number of allylic oxidation sites excluding steroid dienone is 2. The van der Waals surface area contributed by atoms with Crippen LogP contribution < -0.4 is 31.7 Å². The molecule has 18 heteroatoms. The number of ketones is 1. The summed E-state index contributed by atoms with van der Waals surface area (Å²) >= 11 is 0. The third-order valence-corrected chi connectivity index (χ3v) is 11.0. The number of hydrazone groups is 1. The number of nitrogens with zero attached hydrogens (tertiary/aromatic N) is 3. The van der Waals surface area contributed by atoms with Crippen molar-refractivity contribution in [3.63, 3.8) is 0 Å². The van der Waals surface area contributed by atoms with Crippen molar-refractivity contribution in [3.05, 3.63) is 54.1 Å². The van der Waals surface area contributed by atoms with Crippen LogP contribution in [0.4, 0.5) is 4.79 Å². The van der Waals surface area contributed by atoms with E-state index >= 15 is 0 Å². The van der Waals surface area contributed by atoms with Crippen LogP contribution in [-0.4, -0.2) is 102 Å². The second-order valence-electron chi connectivity index (χ2n) is 15.1. The molecule has 5 atom stereocenters. The number of hydrogen-bond acceptors (Lipinski definition) is 12. The highest BCUT2D eigenvalue weighted by atomic mass is 32.2. The molecule has 0 spiro atoms. The van der Waals surface area contributed by atoms with Gasteiger partial charge in [0.05, 0.1) is 18.4 Å². The largest absolute Gasteiger partial charge is 0.497 e. The molecule has 0 aromatic heterocycles. The van der Waals surface area contributed by atoms with Crippen molar-refractivity contribution in [1.82, 2.24) is 25.4 Å². The monoisotopic (exact) mass is 772 g/mol. The highest BCUT2D eigenvalue weighted by Crippen LogP contribution is 2.45. The fourth-order valence-electron chi connectivity index (χ4n) is 6.13. The van der Waals surface area contributed by atoms with E-state index in [9.17, 15) is 32.4 Å². The molecule has 2 unspecified atom stereocenters. The molecule has 0 bridgehead atoms. The van der Waals surface area contributed by atoms with Gasteiger partial charge in [-0.05, 0) is 90.6 Å². The molecule has 2 aliphatic carbocycles. The lowest BCUT2D eigenvalue weighted by Gasteiger charge is -2.30. The number of carbonyl (C=O) groups is 5. The van der Waals surface area contributed by atoms with E-state index in [-0.39, 0.29) is 43.8 Å². The van der Waals surface area contributed by atoms with Crippen LogP contribution in [0.15, 0.2) is 53.7 Å². The Morgan fingerprint density at radius 2 is 1.80 bits per heavy atom. The van der Waals surface area contributed by atoms with E-state index < -0.39 is 74.3 Å². The summed E-state index contributed by atoms with van der Waals surface area (Å²) < 4.78 is 38.0. The van der Waals surface area contributed by atoms with Gasteiger partial charge in [0.1, 0.15) is 29.0 Å². The first-order valence-electron chi connectivity index (χ1n) is 17.7. The molecule has 17 nitrogen and oxygen atoms in total. The van der Waals surface area contributed by atoms with E-state index in [1.165, 1.54) is 24.2 Å². The third kappa shape index (κ3) is 10.6. The quantitative estimate of drug-likeness (QED) is 0.0399. The second kappa shape index (κ2) is 16.6. The molecule has 0 radical (unpaired) electrons. The van der Waals surface area contributed by atoms with E-state index in [4.69, 9.17) is 21.1 Å². The average molecular weight is 773 g/mol. The summed E-state index contributed by atoms with van der Waals surface area (Å²) in [5.41, 5.74) is 4.99. The fraction of sp³-hybridized carbons (Fsp3) is 0.556. The number of rotatable bonds is 16. The van der Waals surface area contributed by atoms with Gasteiger partial charge in [0.25, 0.3) is 5.91 Å². The molecule has 1 aromatic carbocycles. The minimum Gasteiger partial charge on any atom is -0.497 e. The summed E-state index contributed by atoms with van der Waals surface area (Å²) in [5, 5.41) is 9.93. The van der Waals surface area contributed by atoms with Gasteiger partial charge in [0, 0.05) is 30.9 Å². The number of amides is 4. The first-order chi connectivity index (χ1) is 25.2. The van der Waals surface area contributed by atoms with Gasteiger partial charge in [-0.15, -0.1) is 11.7 Å². The van der Waals surface area contributed by atoms with Crippen LogP contribution in [-0.2, 0) is 33.9 Å². The summed E-state index contributed by atoms with van der Waals surface area (Å²) in [6.45, 7) is 12.0. The van der Waals surface area contributed by atoms with Crippen LogP contribution >= 0.6 is 0 Å². The number of nitrogens with one attached hydrogen (secondary N) is 3. The zero-order valence-electron chi connectivity index (χ0n) is 31.6. The van der Waals surface area contributed by atoms with Gasteiger partial charge < -0.3 is 30.7 Å². The van der Waals surface area contributed by atoms with Crippen molar-refractivity contribution in [1.29, 1.82) is 0 Å². The summed E-state index contributed by atoms with van der Waals surface area (Å²) in [7, 11) is -2.42. The number of carbonyl (C=O) groups excluding carboxylic acids is 5. The van der Waals surface area contributed by atoms with Gasteiger partial charge in [-0.3, -0.25) is 23.9 Å². The van der Waals surface area contributed by atoms with E-state index in [0.717, 1.165) is 10.7 Å². The number of likely N-dealkylation sites (tertiary alicyclic amines) is 1. The van der Waals surface area contributed by atoms with Gasteiger partial charge in [0.15, 0.2) is 11.6 Å². The predicted molar refractivity (Wildman–Crippen MR) is 200 cm³/mol. The zero-order valence-corrected chi connectivity index (χ0v) is 32.4. The number of methoxy groups -OCH3 is 1. The van der Waals surface area contributed by atoms with Crippen molar-refractivity contribution in [3.8, 4) is 5.75 Å². The minimum absolute atomic E-state index is 0.0347. The number of hydrazine groups is 1. The Kier molecular flexibility index (Phi) is 12.8. The number of amidine groups is 1. The Balaban J connectivity index is 1.65. The fourth-order valence-corrected chi connectivity index (χ4v) is 7.49. The van der Waals surface area contributed by atoms with E-state index in [2.05, 4.69) is 27.0 Å². The van der Waals surface area contributed by atoms with Crippen LogP contribution in [0.25, 0.3) is 0 Å². The number of alkyl carbamates (subject to hydrolysis) is 1. The van der Waals surface area contributed by atoms with Gasteiger partial charge >= 0.3 is 6.09 Å². The highest BCUT2D eigenvalue weighted by Gasteiger charge is 2.62. The average Bonchev–Trinajstić information content (AvgIpc) is 4.01. The van der Waals surface area contributed by atoms with Crippen molar-refractivity contribution in [2.75, 3.05) is 13.7 Å². The molecule has 1 aromatic rings. The van der Waals surface area contributed by atoms with Crippen molar-refractivity contribution in [2.45, 2.75) is 108 Å². The topological polar surface area (TPSA) is 245 Å². The van der Waals surface area contributed by atoms with Crippen LogP contribution in [0.5, 0.6) is 5.75 Å². The van der Waals surface area contributed by atoms with Crippen LogP contribution in [0.2, 0.25) is 0 Å². The molecule has 1 aliphatic heterocycles. The smallest absolute Gasteiger partial charge is 0.408 e. The molecule has 1 saturated heterocycles. The first kappa shape index (κ1) is 41.8. The first-order valence-corrected chi connectivity index (χ1v) is 19.2. The minimum atomic E-state index is -3.95. The van der Waals surface area contributed by atoms with Crippen LogP contribution in [0.1, 0.15) is 78.7 Å². The van der Waals surface area contributed by atoms with Gasteiger partial charge in [-0.25, -0.2) is 24.2 Å². The van der Waals surface area contributed by atoms with E-state index in [1.807, 2.05) is 0 Å². The normalized spacial score (nSPS) is 23.0. The van der Waals surface area contributed by atoms with Gasteiger partial charge in [0.2, 0.25) is 21.8 Å². The molecule has 296 valence electrons. The Hall–Kier alpha value is -4.97. The third-order valence-electron chi connectivity index (χ3n) is 9.21. The predicted octanol–water partition coefficient (Wildman–Crippen LogP) is 1.34. The lowest BCUT2D eigenvalue weighted by Crippen LogP contribution is -2.58. The maximum atomic E-state index is 14.4.